The molecule has 2 heterocycles. The maximum atomic E-state index is 12.6. The second kappa shape index (κ2) is 12.0. The first-order valence-electron chi connectivity index (χ1n) is 11.5. The van der Waals surface area contributed by atoms with Gasteiger partial charge < -0.3 is 20.4 Å². The number of H-pyrrole nitrogens is 1. The highest BCUT2D eigenvalue weighted by molar-refractivity contribution is 5.99. The minimum Gasteiger partial charge on any atom is -0.404 e. The first-order chi connectivity index (χ1) is 18.3. The third-order valence-electron chi connectivity index (χ3n) is 5.32. The Morgan fingerprint density at radius 2 is 1.68 bits per heavy atom. The minimum absolute atomic E-state index is 0.180. The van der Waals surface area contributed by atoms with Crippen molar-refractivity contribution < 1.29 is 22.7 Å². The molecule has 0 saturated carbocycles. The topological polar surface area (TPSA) is 121 Å². The molecule has 0 saturated heterocycles. The van der Waals surface area contributed by atoms with Gasteiger partial charge in [0.15, 0.2) is 5.75 Å². The van der Waals surface area contributed by atoms with E-state index in [4.69, 9.17) is 0 Å². The maximum absolute atomic E-state index is 12.6. The Kier molecular flexibility index (Phi) is 8.34. The highest BCUT2D eigenvalue weighted by Crippen LogP contribution is 2.30. The molecule has 38 heavy (non-hydrogen) atoms. The number of urea groups is 1. The molecule has 2 amide bonds. The van der Waals surface area contributed by atoms with E-state index in [0.29, 0.717) is 12.1 Å². The molecule has 0 bridgehead atoms. The van der Waals surface area contributed by atoms with E-state index in [9.17, 15) is 22.8 Å². The number of alkyl halides is 3. The van der Waals surface area contributed by atoms with Crippen LogP contribution in [0.15, 0.2) is 84.0 Å². The minimum atomic E-state index is -4.92. The van der Waals surface area contributed by atoms with Crippen LogP contribution in [-0.4, -0.2) is 33.9 Å². The number of pyridine rings is 1. The number of rotatable bonds is 9. The number of hydrogen-bond acceptors (Lipinski definition) is 6. The van der Waals surface area contributed by atoms with Crippen molar-refractivity contribution >= 4 is 17.7 Å². The molecule has 9 nitrogen and oxygen atoms in total. The van der Waals surface area contributed by atoms with Crippen molar-refractivity contribution in [1.29, 1.82) is 0 Å². The van der Waals surface area contributed by atoms with Crippen LogP contribution < -0.4 is 26.2 Å². The monoisotopic (exact) mass is 524 g/mol. The van der Waals surface area contributed by atoms with Crippen molar-refractivity contribution in [2.24, 2.45) is 0 Å². The molecule has 4 rings (SSSR count). The zero-order chi connectivity index (χ0) is 27.0. The van der Waals surface area contributed by atoms with Crippen LogP contribution in [-0.2, 0) is 13.0 Å². The fraction of sp³-hybridized carbons (Fsp3) is 0.154. The number of benzene rings is 2. The molecule has 0 aliphatic heterocycles. The molecule has 0 unspecified atom stereocenters. The van der Waals surface area contributed by atoms with Gasteiger partial charge in [-0.3, -0.25) is 15.1 Å². The lowest BCUT2D eigenvalue weighted by Crippen LogP contribution is -2.24. The van der Waals surface area contributed by atoms with Crippen LogP contribution in [0, 0.1) is 0 Å². The van der Waals surface area contributed by atoms with E-state index in [1.807, 2.05) is 24.3 Å². The number of ether oxygens (including phenoxy) is 1. The van der Waals surface area contributed by atoms with Crippen molar-refractivity contribution in [3.8, 4) is 16.9 Å². The molecule has 2 aromatic heterocycles. The molecule has 196 valence electrons. The molecule has 4 N–H and O–H groups in total. The van der Waals surface area contributed by atoms with Gasteiger partial charge in [-0.05, 0) is 53.9 Å². The Labute approximate surface area is 215 Å². The van der Waals surface area contributed by atoms with Gasteiger partial charge in [0, 0.05) is 25.1 Å². The van der Waals surface area contributed by atoms with Crippen molar-refractivity contribution in [2.75, 3.05) is 17.2 Å². The molecule has 0 atom stereocenters. The van der Waals surface area contributed by atoms with E-state index in [1.54, 1.807) is 24.5 Å². The fourth-order valence-electron chi connectivity index (χ4n) is 3.53. The van der Waals surface area contributed by atoms with Gasteiger partial charge in [-0.25, -0.2) is 4.79 Å². The molecule has 4 aromatic rings. The number of halogens is 3. The third kappa shape index (κ3) is 7.64. The van der Waals surface area contributed by atoms with Gasteiger partial charge in [-0.15, -0.1) is 13.2 Å². The summed E-state index contributed by atoms with van der Waals surface area (Å²) in [5.74, 6) is -0.764. The van der Waals surface area contributed by atoms with Gasteiger partial charge in [0.25, 0.3) is 5.56 Å². The van der Waals surface area contributed by atoms with E-state index in [2.05, 4.69) is 35.6 Å². The summed E-state index contributed by atoms with van der Waals surface area (Å²) < 4.78 is 41.6. The number of nitrogens with one attached hydrogen (secondary N) is 4. The molecule has 2 aromatic carbocycles. The van der Waals surface area contributed by atoms with Crippen molar-refractivity contribution in [3.63, 3.8) is 0 Å². The first-order valence-corrected chi connectivity index (χ1v) is 11.5. The number of aromatic nitrogens is 3. The van der Waals surface area contributed by atoms with E-state index in [-0.39, 0.29) is 17.2 Å². The molecule has 0 fully saturated rings. The van der Waals surface area contributed by atoms with Gasteiger partial charge in [-0.2, -0.15) is 4.98 Å². The summed E-state index contributed by atoms with van der Waals surface area (Å²) in [6.45, 7) is 1.47. The number of hydrogen-bond donors (Lipinski definition) is 4. The summed E-state index contributed by atoms with van der Waals surface area (Å²) in [5, 5.41) is 7.89. The van der Waals surface area contributed by atoms with Crippen LogP contribution in [0.1, 0.15) is 11.1 Å². The average molecular weight is 525 g/mol. The summed E-state index contributed by atoms with van der Waals surface area (Å²) in [6.07, 6.45) is 0.881. The second-order valence-electron chi connectivity index (χ2n) is 8.07. The Hall–Kier alpha value is -4.71. The van der Waals surface area contributed by atoms with E-state index < -0.39 is 23.7 Å². The largest absolute Gasteiger partial charge is 0.573 e. The smallest absolute Gasteiger partial charge is 0.404 e. The first kappa shape index (κ1) is 26.4. The van der Waals surface area contributed by atoms with E-state index in [0.717, 1.165) is 24.6 Å². The standard InChI is InChI=1S/C26H23F3N6O3/c27-26(28,29)38-22-4-2-1-3-21(22)33-25(37)35-24-32-16-20(23(36)34-24)19-7-5-18(6-8-19)15-31-14-11-17-9-12-30-13-10-17/h1-10,12-13,16,31H,11,14-15H2,(H3,32,33,34,35,36,37). The predicted octanol–water partition coefficient (Wildman–Crippen LogP) is 4.71. The average Bonchev–Trinajstić information content (AvgIpc) is 2.88. The summed E-state index contributed by atoms with van der Waals surface area (Å²) in [6, 6.07) is 15.5. The van der Waals surface area contributed by atoms with Gasteiger partial charge in [0.1, 0.15) is 0 Å². The Bertz CT molecular complexity index is 1430. The second-order valence-corrected chi connectivity index (χ2v) is 8.07. The highest BCUT2D eigenvalue weighted by atomic mass is 19.4. The number of nitrogens with zero attached hydrogens (tertiary/aromatic N) is 2. The van der Waals surface area contributed by atoms with Crippen LogP contribution >= 0.6 is 0 Å². The number of amides is 2. The number of aromatic amines is 1. The van der Waals surface area contributed by atoms with Gasteiger partial charge >= 0.3 is 12.4 Å². The Balaban J connectivity index is 1.32. The van der Waals surface area contributed by atoms with Crippen LogP contribution in [0.4, 0.5) is 29.6 Å². The predicted molar refractivity (Wildman–Crippen MR) is 136 cm³/mol. The van der Waals surface area contributed by atoms with Crippen molar-refractivity contribution in [3.05, 3.63) is 101 Å². The zero-order valence-electron chi connectivity index (χ0n) is 19.9. The number of anilines is 2. The third-order valence-corrected chi connectivity index (χ3v) is 5.32. The lowest BCUT2D eigenvalue weighted by molar-refractivity contribution is -0.274. The molecule has 0 radical (unpaired) electrons. The highest BCUT2D eigenvalue weighted by Gasteiger charge is 2.32. The summed E-state index contributed by atoms with van der Waals surface area (Å²) in [5.41, 5.74) is 2.35. The van der Waals surface area contributed by atoms with E-state index >= 15 is 0 Å². The quantitative estimate of drug-likeness (QED) is 0.236. The molecular weight excluding hydrogens is 501 g/mol. The fourth-order valence-corrected chi connectivity index (χ4v) is 3.53. The lowest BCUT2D eigenvalue weighted by atomic mass is 10.1. The van der Waals surface area contributed by atoms with Crippen LogP contribution in [0.3, 0.4) is 0 Å². The zero-order valence-corrected chi connectivity index (χ0v) is 19.9. The summed E-state index contributed by atoms with van der Waals surface area (Å²) in [7, 11) is 0. The molecule has 0 spiro atoms. The van der Waals surface area contributed by atoms with Crippen LogP contribution in [0.25, 0.3) is 11.1 Å². The van der Waals surface area contributed by atoms with Crippen molar-refractivity contribution in [1.82, 2.24) is 20.3 Å². The normalized spacial score (nSPS) is 11.1. The van der Waals surface area contributed by atoms with Crippen LogP contribution in [0.5, 0.6) is 5.75 Å². The Morgan fingerprint density at radius 3 is 2.39 bits per heavy atom. The molecular formula is C26H23F3N6O3. The maximum Gasteiger partial charge on any atom is 0.573 e. The van der Waals surface area contributed by atoms with Gasteiger partial charge in [0.2, 0.25) is 5.95 Å². The van der Waals surface area contributed by atoms with Gasteiger partial charge in [0.05, 0.1) is 11.3 Å². The van der Waals surface area contributed by atoms with Crippen LogP contribution in [0.2, 0.25) is 0 Å². The molecule has 0 aliphatic carbocycles. The van der Waals surface area contributed by atoms with E-state index in [1.165, 1.54) is 30.0 Å². The number of para-hydroxylation sites is 2. The van der Waals surface area contributed by atoms with Crippen molar-refractivity contribution in [2.45, 2.75) is 19.3 Å². The summed E-state index contributed by atoms with van der Waals surface area (Å²) >= 11 is 0. The number of carbonyl (C=O) groups is 1. The lowest BCUT2D eigenvalue weighted by Gasteiger charge is -2.14. The molecule has 0 aliphatic rings. The van der Waals surface area contributed by atoms with Gasteiger partial charge in [-0.1, -0.05) is 36.4 Å². The number of carbonyl (C=O) groups excluding carboxylic acids is 1. The SMILES string of the molecule is O=C(Nc1nc(=O)c(-c2ccc(CNCCc3ccncc3)cc2)c[nH]1)Nc1ccccc1OC(F)(F)F. The summed E-state index contributed by atoms with van der Waals surface area (Å²) in [4.78, 5) is 35.3. The molecule has 12 heteroatoms. The Morgan fingerprint density at radius 1 is 0.947 bits per heavy atom.